The van der Waals surface area contributed by atoms with E-state index >= 15 is 0 Å². The van der Waals surface area contributed by atoms with Crippen LogP contribution in [-0.2, 0) is 13.2 Å². The smallest absolute Gasteiger partial charge is 0.127 e. The molecule has 0 fully saturated rings. The standard InChI is InChI=1S/C23H24N4O3.2ClH/c1-28-19-10-20(29-13-15-2-6-17(7-3-15)22(24)25)12-21(11-19)30-14-16-4-8-18(9-5-16)23(26)27;;/h2-12H,13-14H2,1H3,(H3,24,25)(H3,26,27);2*1H. The Morgan fingerprint density at radius 2 is 1.00 bits per heavy atom. The molecule has 3 aromatic rings. The number of hydrogen-bond donors (Lipinski definition) is 4. The number of hydrogen-bond acceptors (Lipinski definition) is 5. The van der Waals surface area contributed by atoms with E-state index in [4.69, 9.17) is 36.5 Å². The molecule has 0 aliphatic carbocycles. The van der Waals surface area contributed by atoms with Crippen LogP contribution in [0, 0.1) is 10.8 Å². The van der Waals surface area contributed by atoms with Crippen LogP contribution in [0.2, 0.25) is 0 Å². The minimum atomic E-state index is 0. The molecule has 0 radical (unpaired) electrons. The van der Waals surface area contributed by atoms with Crippen molar-refractivity contribution in [1.29, 1.82) is 10.8 Å². The highest BCUT2D eigenvalue weighted by atomic mass is 35.5. The Kier molecular flexibility index (Phi) is 10.3. The molecular weight excluding hydrogens is 451 g/mol. The molecule has 0 amide bonds. The molecule has 0 unspecified atom stereocenters. The topological polar surface area (TPSA) is 127 Å². The maximum atomic E-state index is 7.45. The van der Waals surface area contributed by atoms with Crippen LogP contribution >= 0.6 is 24.8 Å². The van der Waals surface area contributed by atoms with E-state index in [9.17, 15) is 0 Å². The molecule has 0 atom stereocenters. The Balaban J connectivity index is 0.00000256. The van der Waals surface area contributed by atoms with Gasteiger partial charge in [0.05, 0.1) is 7.11 Å². The summed E-state index contributed by atoms with van der Waals surface area (Å²) in [6, 6.07) is 20.0. The van der Waals surface area contributed by atoms with Crippen LogP contribution in [0.3, 0.4) is 0 Å². The summed E-state index contributed by atoms with van der Waals surface area (Å²) in [5.74, 6) is 1.93. The number of nitrogens with two attached hydrogens (primary N) is 2. The van der Waals surface area contributed by atoms with E-state index in [1.54, 1.807) is 49.6 Å². The van der Waals surface area contributed by atoms with Crippen molar-refractivity contribution in [2.75, 3.05) is 7.11 Å². The van der Waals surface area contributed by atoms with Crippen LogP contribution < -0.4 is 25.7 Å². The molecule has 9 heteroatoms. The van der Waals surface area contributed by atoms with E-state index in [0.717, 1.165) is 11.1 Å². The van der Waals surface area contributed by atoms with E-state index < -0.39 is 0 Å². The molecule has 3 aromatic carbocycles. The summed E-state index contributed by atoms with van der Waals surface area (Å²) in [6.45, 7) is 0.717. The van der Waals surface area contributed by atoms with Crippen LogP contribution in [0.15, 0.2) is 66.7 Å². The molecule has 0 aliphatic heterocycles. The van der Waals surface area contributed by atoms with E-state index in [-0.39, 0.29) is 36.5 Å². The van der Waals surface area contributed by atoms with Crippen LogP contribution in [0.25, 0.3) is 0 Å². The average molecular weight is 477 g/mol. The van der Waals surface area contributed by atoms with Gasteiger partial charge in [0.25, 0.3) is 0 Å². The summed E-state index contributed by atoms with van der Waals surface area (Å²) in [6.07, 6.45) is 0. The van der Waals surface area contributed by atoms with Crippen molar-refractivity contribution in [1.82, 2.24) is 0 Å². The number of nitrogens with one attached hydrogen (secondary N) is 2. The van der Waals surface area contributed by atoms with Gasteiger partial charge < -0.3 is 25.7 Å². The van der Waals surface area contributed by atoms with Gasteiger partial charge in [-0.3, -0.25) is 10.8 Å². The summed E-state index contributed by atoms with van der Waals surface area (Å²) in [5, 5.41) is 14.9. The van der Waals surface area contributed by atoms with Gasteiger partial charge in [0.15, 0.2) is 0 Å². The van der Waals surface area contributed by atoms with E-state index in [0.29, 0.717) is 41.6 Å². The van der Waals surface area contributed by atoms with Gasteiger partial charge in [-0.1, -0.05) is 48.5 Å². The molecular formula is C23H26Cl2N4O3. The largest absolute Gasteiger partial charge is 0.496 e. The van der Waals surface area contributed by atoms with E-state index in [1.165, 1.54) is 0 Å². The van der Waals surface area contributed by atoms with Gasteiger partial charge in [0, 0.05) is 29.3 Å². The molecule has 0 aromatic heterocycles. The number of ether oxygens (including phenoxy) is 3. The Labute approximate surface area is 199 Å². The molecule has 7 nitrogen and oxygen atoms in total. The number of rotatable bonds is 9. The zero-order valence-corrected chi connectivity index (χ0v) is 19.1. The number of nitrogen functional groups attached to an aromatic ring is 2. The summed E-state index contributed by atoms with van der Waals surface area (Å²) >= 11 is 0. The summed E-state index contributed by atoms with van der Waals surface area (Å²) < 4.78 is 17.1. The predicted molar refractivity (Wildman–Crippen MR) is 131 cm³/mol. The lowest BCUT2D eigenvalue weighted by atomic mass is 10.1. The zero-order valence-electron chi connectivity index (χ0n) is 17.5. The lowest BCUT2D eigenvalue weighted by molar-refractivity contribution is 0.286. The Hall–Kier alpha value is -3.42. The minimum absolute atomic E-state index is 0. The normalized spacial score (nSPS) is 9.66. The first-order valence-electron chi connectivity index (χ1n) is 9.26. The molecule has 0 aliphatic rings. The fraction of sp³-hybridized carbons (Fsp3) is 0.130. The number of amidine groups is 2. The Morgan fingerprint density at radius 3 is 1.31 bits per heavy atom. The maximum absolute atomic E-state index is 7.45. The predicted octanol–water partition coefficient (Wildman–Crippen LogP) is 4.26. The molecule has 0 saturated carbocycles. The lowest BCUT2D eigenvalue weighted by Gasteiger charge is -2.12. The summed E-state index contributed by atoms with van der Waals surface area (Å²) in [5.41, 5.74) is 14.2. The fourth-order valence-corrected chi connectivity index (χ4v) is 2.72. The fourth-order valence-electron chi connectivity index (χ4n) is 2.72. The number of benzene rings is 3. The number of methoxy groups -OCH3 is 1. The zero-order chi connectivity index (χ0) is 21.5. The Morgan fingerprint density at radius 1 is 0.656 bits per heavy atom. The molecule has 170 valence electrons. The second kappa shape index (κ2) is 12.4. The highest BCUT2D eigenvalue weighted by Crippen LogP contribution is 2.29. The monoisotopic (exact) mass is 476 g/mol. The van der Waals surface area contributed by atoms with Crippen LogP contribution in [0.1, 0.15) is 22.3 Å². The first-order chi connectivity index (χ1) is 14.4. The highest BCUT2D eigenvalue weighted by molar-refractivity contribution is 5.95. The van der Waals surface area contributed by atoms with Crippen molar-refractivity contribution in [2.45, 2.75) is 13.2 Å². The molecule has 3 rings (SSSR count). The molecule has 0 spiro atoms. The molecule has 6 N–H and O–H groups in total. The van der Waals surface area contributed by atoms with E-state index in [2.05, 4.69) is 0 Å². The molecule has 32 heavy (non-hydrogen) atoms. The second-order valence-corrected chi connectivity index (χ2v) is 6.64. The first kappa shape index (κ1) is 26.6. The SMILES string of the molecule is COc1cc(OCc2ccc(C(=N)N)cc2)cc(OCc2ccc(C(=N)N)cc2)c1.Cl.Cl. The van der Waals surface area contributed by atoms with Gasteiger partial charge >= 0.3 is 0 Å². The van der Waals surface area contributed by atoms with Gasteiger partial charge in [-0.2, -0.15) is 0 Å². The third-order valence-corrected chi connectivity index (χ3v) is 4.43. The van der Waals surface area contributed by atoms with Crippen LogP contribution in [0.4, 0.5) is 0 Å². The quantitative estimate of drug-likeness (QED) is 0.271. The minimum Gasteiger partial charge on any atom is -0.496 e. The third kappa shape index (κ3) is 7.37. The first-order valence-corrected chi connectivity index (χ1v) is 9.26. The lowest BCUT2D eigenvalue weighted by Crippen LogP contribution is -2.10. The molecule has 0 saturated heterocycles. The van der Waals surface area contributed by atoms with Gasteiger partial charge in [-0.25, -0.2) is 0 Å². The van der Waals surface area contributed by atoms with Crippen molar-refractivity contribution >= 4 is 36.5 Å². The van der Waals surface area contributed by atoms with Crippen molar-refractivity contribution in [3.63, 3.8) is 0 Å². The Bertz CT molecular complexity index is 962. The molecule has 0 heterocycles. The van der Waals surface area contributed by atoms with Gasteiger partial charge in [0.1, 0.15) is 42.1 Å². The van der Waals surface area contributed by atoms with Crippen molar-refractivity contribution in [3.05, 3.63) is 89.0 Å². The van der Waals surface area contributed by atoms with Crippen molar-refractivity contribution in [2.24, 2.45) is 11.5 Å². The van der Waals surface area contributed by atoms with Crippen molar-refractivity contribution in [3.8, 4) is 17.2 Å². The van der Waals surface area contributed by atoms with Crippen molar-refractivity contribution < 1.29 is 14.2 Å². The number of halogens is 2. The highest BCUT2D eigenvalue weighted by Gasteiger charge is 2.06. The average Bonchev–Trinajstić information content (AvgIpc) is 2.76. The van der Waals surface area contributed by atoms with Gasteiger partial charge in [0.2, 0.25) is 0 Å². The maximum Gasteiger partial charge on any atom is 0.127 e. The van der Waals surface area contributed by atoms with Gasteiger partial charge in [-0.15, -0.1) is 24.8 Å². The van der Waals surface area contributed by atoms with Crippen LogP contribution in [0.5, 0.6) is 17.2 Å². The second-order valence-electron chi connectivity index (χ2n) is 6.64. The third-order valence-electron chi connectivity index (χ3n) is 4.43. The van der Waals surface area contributed by atoms with E-state index in [1.807, 2.05) is 24.3 Å². The summed E-state index contributed by atoms with van der Waals surface area (Å²) in [7, 11) is 1.59. The van der Waals surface area contributed by atoms with Crippen LogP contribution in [-0.4, -0.2) is 18.8 Å². The molecule has 0 bridgehead atoms. The van der Waals surface area contributed by atoms with Gasteiger partial charge in [-0.05, 0) is 11.1 Å². The summed E-state index contributed by atoms with van der Waals surface area (Å²) in [4.78, 5) is 0.